The molecule has 2 aromatic carbocycles. The molecule has 0 spiro atoms. The van der Waals surface area contributed by atoms with Gasteiger partial charge in [-0.15, -0.1) is 0 Å². The number of anilines is 1. The first-order valence-electron chi connectivity index (χ1n) is 6.04. The van der Waals surface area contributed by atoms with E-state index in [2.05, 4.69) is 21.2 Å². The van der Waals surface area contributed by atoms with Crippen molar-refractivity contribution in [3.63, 3.8) is 0 Å². The second-order valence-electron chi connectivity index (χ2n) is 4.16. The molecular weight excluding hydrogens is 342 g/mol. The molecule has 3 nitrogen and oxygen atoms in total. The van der Waals surface area contributed by atoms with Crippen LogP contribution >= 0.6 is 27.5 Å². The van der Waals surface area contributed by atoms with Gasteiger partial charge in [0.1, 0.15) is 11.5 Å². The number of halogens is 2. The minimum absolute atomic E-state index is 0.598. The molecule has 0 heterocycles. The molecule has 0 aliphatic heterocycles. The first-order valence-corrected chi connectivity index (χ1v) is 7.21. The summed E-state index contributed by atoms with van der Waals surface area (Å²) in [7, 11) is 3.26. The van der Waals surface area contributed by atoms with Crippen molar-refractivity contribution < 1.29 is 9.47 Å². The topological polar surface area (TPSA) is 30.5 Å². The Kier molecular flexibility index (Phi) is 5.15. The predicted molar refractivity (Wildman–Crippen MR) is 86.0 cm³/mol. The van der Waals surface area contributed by atoms with Crippen LogP contribution in [0.15, 0.2) is 40.9 Å². The summed E-state index contributed by atoms with van der Waals surface area (Å²) in [5, 5.41) is 3.93. The van der Waals surface area contributed by atoms with Crippen LogP contribution in [-0.4, -0.2) is 14.2 Å². The Labute approximate surface area is 132 Å². The summed E-state index contributed by atoms with van der Waals surface area (Å²) in [4.78, 5) is 0. The van der Waals surface area contributed by atoms with Gasteiger partial charge in [0.2, 0.25) is 0 Å². The van der Waals surface area contributed by atoms with E-state index in [1.54, 1.807) is 14.2 Å². The van der Waals surface area contributed by atoms with Crippen LogP contribution in [0.3, 0.4) is 0 Å². The molecule has 20 heavy (non-hydrogen) atoms. The van der Waals surface area contributed by atoms with Crippen molar-refractivity contribution in [1.82, 2.24) is 0 Å². The van der Waals surface area contributed by atoms with Crippen molar-refractivity contribution in [3.05, 3.63) is 51.5 Å². The van der Waals surface area contributed by atoms with Crippen LogP contribution in [-0.2, 0) is 6.54 Å². The molecule has 0 unspecified atom stereocenters. The van der Waals surface area contributed by atoms with E-state index >= 15 is 0 Å². The van der Waals surface area contributed by atoms with Crippen molar-refractivity contribution in [2.45, 2.75) is 6.54 Å². The molecule has 0 amide bonds. The first-order chi connectivity index (χ1) is 9.63. The Bertz CT molecular complexity index is 604. The normalized spacial score (nSPS) is 10.2. The summed E-state index contributed by atoms with van der Waals surface area (Å²) in [5.74, 6) is 1.49. The number of hydrogen-bond acceptors (Lipinski definition) is 3. The van der Waals surface area contributed by atoms with Crippen molar-refractivity contribution in [1.29, 1.82) is 0 Å². The molecule has 106 valence electrons. The van der Waals surface area contributed by atoms with E-state index in [1.807, 2.05) is 36.4 Å². The van der Waals surface area contributed by atoms with Gasteiger partial charge in [-0.05, 0) is 35.9 Å². The third-order valence-corrected chi connectivity index (χ3v) is 3.97. The molecule has 0 aromatic heterocycles. The molecule has 0 aliphatic rings. The van der Waals surface area contributed by atoms with Crippen LogP contribution in [0.25, 0.3) is 0 Å². The Hall–Kier alpha value is -1.39. The van der Waals surface area contributed by atoms with E-state index in [4.69, 9.17) is 21.1 Å². The number of nitrogens with one attached hydrogen (secondary N) is 1. The van der Waals surface area contributed by atoms with Crippen LogP contribution in [0.1, 0.15) is 5.56 Å². The zero-order chi connectivity index (χ0) is 14.5. The average Bonchev–Trinajstić information content (AvgIpc) is 2.47. The Morgan fingerprint density at radius 1 is 1.10 bits per heavy atom. The standard InChI is InChI=1S/C15H15BrClNO2/c1-19-12-4-5-13(16)10(7-12)9-18-11-3-6-14(17)15(8-11)20-2/h3-8,18H,9H2,1-2H3. The first kappa shape index (κ1) is 15.0. The minimum atomic E-state index is 0.598. The van der Waals surface area contributed by atoms with Gasteiger partial charge in [-0.3, -0.25) is 0 Å². The minimum Gasteiger partial charge on any atom is -0.497 e. The second-order valence-corrected chi connectivity index (χ2v) is 5.42. The van der Waals surface area contributed by atoms with Gasteiger partial charge in [0.25, 0.3) is 0 Å². The van der Waals surface area contributed by atoms with Gasteiger partial charge >= 0.3 is 0 Å². The molecular formula is C15H15BrClNO2. The number of rotatable bonds is 5. The summed E-state index contributed by atoms with van der Waals surface area (Å²) in [6, 6.07) is 11.5. The Balaban J connectivity index is 2.12. The van der Waals surface area contributed by atoms with Gasteiger partial charge in [0.05, 0.1) is 19.2 Å². The van der Waals surface area contributed by atoms with E-state index in [0.717, 1.165) is 21.5 Å². The molecule has 2 aromatic rings. The average molecular weight is 357 g/mol. The Morgan fingerprint density at radius 2 is 1.90 bits per heavy atom. The molecule has 0 atom stereocenters. The lowest BCUT2D eigenvalue weighted by molar-refractivity contribution is 0.414. The van der Waals surface area contributed by atoms with Gasteiger partial charge in [0, 0.05) is 22.8 Å². The number of hydrogen-bond donors (Lipinski definition) is 1. The zero-order valence-electron chi connectivity index (χ0n) is 11.2. The number of methoxy groups -OCH3 is 2. The van der Waals surface area contributed by atoms with E-state index in [0.29, 0.717) is 17.3 Å². The highest BCUT2D eigenvalue weighted by Gasteiger charge is 2.04. The maximum atomic E-state index is 6.00. The van der Waals surface area contributed by atoms with Gasteiger partial charge in [-0.2, -0.15) is 0 Å². The molecule has 0 saturated heterocycles. The lowest BCUT2D eigenvalue weighted by Gasteiger charge is -2.11. The number of benzene rings is 2. The maximum Gasteiger partial charge on any atom is 0.139 e. The molecule has 0 radical (unpaired) electrons. The third kappa shape index (κ3) is 3.58. The fraction of sp³-hybridized carbons (Fsp3) is 0.200. The summed E-state index contributed by atoms with van der Waals surface area (Å²) < 4.78 is 11.5. The van der Waals surface area contributed by atoms with Crippen molar-refractivity contribution in [2.75, 3.05) is 19.5 Å². The van der Waals surface area contributed by atoms with E-state index in [1.165, 1.54) is 0 Å². The fourth-order valence-corrected chi connectivity index (χ4v) is 2.36. The van der Waals surface area contributed by atoms with Crippen molar-refractivity contribution >= 4 is 33.2 Å². The lowest BCUT2D eigenvalue weighted by Crippen LogP contribution is -2.01. The fourth-order valence-electron chi connectivity index (χ4n) is 1.78. The molecule has 5 heteroatoms. The van der Waals surface area contributed by atoms with Crippen LogP contribution in [0.2, 0.25) is 5.02 Å². The smallest absolute Gasteiger partial charge is 0.139 e. The lowest BCUT2D eigenvalue weighted by atomic mass is 10.2. The predicted octanol–water partition coefficient (Wildman–Crippen LogP) is 4.73. The maximum absolute atomic E-state index is 6.00. The molecule has 1 N–H and O–H groups in total. The van der Waals surface area contributed by atoms with Gasteiger partial charge in [-0.25, -0.2) is 0 Å². The largest absolute Gasteiger partial charge is 0.497 e. The van der Waals surface area contributed by atoms with Crippen LogP contribution in [0.5, 0.6) is 11.5 Å². The second kappa shape index (κ2) is 6.86. The third-order valence-electron chi connectivity index (χ3n) is 2.89. The van der Waals surface area contributed by atoms with Crippen LogP contribution < -0.4 is 14.8 Å². The van der Waals surface area contributed by atoms with Gasteiger partial charge in [-0.1, -0.05) is 27.5 Å². The summed E-state index contributed by atoms with van der Waals surface area (Å²) >= 11 is 9.53. The molecule has 0 saturated carbocycles. The van der Waals surface area contributed by atoms with Crippen LogP contribution in [0.4, 0.5) is 5.69 Å². The number of ether oxygens (including phenoxy) is 2. The highest BCUT2D eigenvalue weighted by molar-refractivity contribution is 9.10. The van der Waals surface area contributed by atoms with Crippen molar-refractivity contribution in [3.8, 4) is 11.5 Å². The van der Waals surface area contributed by atoms with E-state index < -0.39 is 0 Å². The van der Waals surface area contributed by atoms with Gasteiger partial charge < -0.3 is 14.8 Å². The monoisotopic (exact) mass is 355 g/mol. The van der Waals surface area contributed by atoms with Crippen molar-refractivity contribution in [2.24, 2.45) is 0 Å². The zero-order valence-corrected chi connectivity index (χ0v) is 13.6. The summed E-state index contributed by atoms with van der Waals surface area (Å²) in [6.07, 6.45) is 0. The Morgan fingerprint density at radius 3 is 2.60 bits per heavy atom. The highest BCUT2D eigenvalue weighted by Crippen LogP contribution is 2.28. The summed E-state index contributed by atoms with van der Waals surface area (Å²) in [5.41, 5.74) is 2.05. The van der Waals surface area contributed by atoms with E-state index in [-0.39, 0.29) is 0 Å². The molecule has 0 aliphatic carbocycles. The highest BCUT2D eigenvalue weighted by atomic mass is 79.9. The molecule has 0 bridgehead atoms. The van der Waals surface area contributed by atoms with E-state index in [9.17, 15) is 0 Å². The van der Waals surface area contributed by atoms with Crippen LogP contribution in [0, 0.1) is 0 Å². The van der Waals surface area contributed by atoms with Gasteiger partial charge in [0.15, 0.2) is 0 Å². The SMILES string of the molecule is COc1ccc(Br)c(CNc2ccc(Cl)c(OC)c2)c1. The summed E-state index contributed by atoms with van der Waals surface area (Å²) in [6.45, 7) is 0.669. The molecule has 0 fully saturated rings. The molecule has 2 rings (SSSR count). The quantitative estimate of drug-likeness (QED) is 0.840.